The largest absolute Gasteiger partial charge is 0.395 e. The number of aliphatic hydroxyl groups is 2. The van der Waals surface area contributed by atoms with Gasteiger partial charge in [-0.3, -0.25) is 4.79 Å². The molecule has 0 heterocycles. The highest BCUT2D eigenvalue weighted by atomic mass is 19.1. The Hall–Kier alpha value is -2.43. The van der Waals surface area contributed by atoms with Crippen molar-refractivity contribution in [1.82, 2.24) is 10.2 Å². The number of amides is 1. The molecule has 0 aliphatic rings. The van der Waals surface area contributed by atoms with Gasteiger partial charge in [0.15, 0.2) is 0 Å². The molecule has 0 bridgehead atoms. The van der Waals surface area contributed by atoms with Crippen LogP contribution in [0.5, 0.6) is 0 Å². The Kier molecular flexibility index (Phi) is 7.61. The monoisotopic (exact) mass is 307 g/mol. The van der Waals surface area contributed by atoms with Crippen molar-refractivity contribution >= 4 is 5.91 Å². The smallest absolute Gasteiger partial charge is 0.266 e. The van der Waals surface area contributed by atoms with Crippen LogP contribution < -0.4 is 5.32 Å². The second-order valence-corrected chi connectivity index (χ2v) is 4.42. The molecule has 7 heteroatoms. The van der Waals surface area contributed by atoms with E-state index < -0.39 is 5.91 Å². The van der Waals surface area contributed by atoms with E-state index in [9.17, 15) is 9.18 Å². The van der Waals surface area contributed by atoms with Gasteiger partial charge in [-0.1, -0.05) is 12.1 Å². The van der Waals surface area contributed by atoms with E-state index in [0.717, 1.165) is 5.56 Å². The van der Waals surface area contributed by atoms with Crippen LogP contribution in [0.1, 0.15) is 5.56 Å². The maximum absolute atomic E-state index is 12.8. The van der Waals surface area contributed by atoms with Crippen molar-refractivity contribution in [3.63, 3.8) is 0 Å². The summed E-state index contributed by atoms with van der Waals surface area (Å²) in [5, 5.41) is 29.6. The van der Waals surface area contributed by atoms with Gasteiger partial charge >= 0.3 is 0 Å². The number of nitrogens with one attached hydrogen (secondary N) is 1. The summed E-state index contributed by atoms with van der Waals surface area (Å²) in [6.45, 7) is -0.105. The van der Waals surface area contributed by atoms with E-state index in [0.29, 0.717) is 6.54 Å². The summed E-state index contributed by atoms with van der Waals surface area (Å²) in [5.41, 5.74) is 0.661. The van der Waals surface area contributed by atoms with Crippen molar-refractivity contribution in [3.8, 4) is 6.07 Å². The normalized spacial score (nSPS) is 10.9. The van der Waals surface area contributed by atoms with Crippen molar-refractivity contribution in [2.24, 2.45) is 0 Å². The zero-order valence-corrected chi connectivity index (χ0v) is 12.0. The van der Waals surface area contributed by atoms with Crippen LogP contribution in [0, 0.1) is 17.1 Å². The Morgan fingerprint density at radius 1 is 1.27 bits per heavy atom. The zero-order chi connectivity index (χ0) is 16.4. The minimum absolute atomic E-state index is 0.0381. The van der Waals surface area contributed by atoms with Gasteiger partial charge in [-0.15, -0.1) is 0 Å². The number of rotatable bonds is 8. The molecule has 0 unspecified atom stereocenters. The Morgan fingerprint density at radius 2 is 1.86 bits per heavy atom. The fourth-order valence-corrected chi connectivity index (χ4v) is 1.74. The molecule has 0 aliphatic heterocycles. The van der Waals surface area contributed by atoms with Crippen LogP contribution in [0.2, 0.25) is 0 Å². The molecule has 22 heavy (non-hydrogen) atoms. The first-order valence-corrected chi connectivity index (χ1v) is 6.71. The molecule has 1 rings (SSSR count). The minimum Gasteiger partial charge on any atom is -0.395 e. The van der Waals surface area contributed by atoms with Crippen LogP contribution in [-0.4, -0.2) is 47.3 Å². The third-order valence-corrected chi connectivity index (χ3v) is 2.84. The van der Waals surface area contributed by atoms with Gasteiger partial charge < -0.3 is 20.4 Å². The molecule has 6 nitrogen and oxygen atoms in total. The van der Waals surface area contributed by atoms with E-state index in [-0.39, 0.29) is 37.7 Å². The molecule has 0 saturated carbocycles. The molecule has 0 saturated heterocycles. The first kappa shape index (κ1) is 17.6. The maximum Gasteiger partial charge on any atom is 0.266 e. The summed E-state index contributed by atoms with van der Waals surface area (Å²) >= 11 is 0. The molecule has 0 aliphatic carbocycles. The number of benzene rings is 1. The molecule has 0 atom stereocenters. The highest BCUT2D eigenvalue weighted by Gasteiger charge is 2.17. The van der Waals surface area contributed by atoms with Gasteiger partial charge in [0.05, 0.1) is 13.2 Å². The van der Waals surface area contributed by atoms with Crippen LogP contribution in [-0.2, 0) is 11.3 Å². The highest BCUT2D eigenvalue weighted by Crippen LogP contribution is 2.04. The van der Waals surface area contributed by atoms with E-state index in [1.165, 1.54) is 23.2 Å². The van der Waals surface area contributed by atoms with Crippen molar-refractivity contribution in [2.45, 2.75) is 6.54 Å². The van der Waals surface area contributed by atoms with Crippen LogP contribution >= 0.6 is 0 Å². The number of carbonyl (C=O) groups excluding carboxylic acids is 1. The SMILES string of the molecule is N#C/C(=C/NCc1ccc(F)cc1)C(=O)N(CCO)CCO. The molecule has 0 spiro atoms. The first-order valence-electron chi connectivity index (χ1n) is 6.71. The number of aliphatic hydroxyl groups excluding tert-OH is 2. The van der Waals surface area contributed by atoms with Gasteiger partial charge in [0.2, 0.25) is 0 Å². The second kappa shape index (κ2) is 9.50. The summed E-state index contributed by atoms with van der Waals surface area (Å²) in [6.07, 6.45) is 1.27. The standard InChI is InChI=1S/C15H18FN3O3/c16-14-3-1-12(2-4-14)10-18-11-13(9-17)15(22)19(5-7-20)6-8-21/h1-4,11,18,20-21H,5-8,10H2/b13-11-. The quantitative estimate of drug-likeness (QED) is 0.469. The fraction of sp³-hybridized carbons (Fsp3) is 0.333. The van der Waals surface area contributed by atoms with Gasteiger partial charge in [-0.05, 0) is 17.7 Å². The predicted molar refractivity (Wildman–Crippen MR) is 77.7 cm³/mol. The topological polar surface area (TPSA) is 96.6 Å². The van der Waals surface area contributed by atoms with Gasteiger partial charge in [-0.2, -0.15) is 5.26 Å². The summed E-state index contributed by atoms with van der Waals surface area (Å²) in [5.74, 6) is -0.909. The molecule has 0 aromatic heterocycles. The number of hydrogen-bond acceptors (Lipinski definition) is 5. The summed E-state index contributed by atoms with van der Waals surface area (Å²) in [6, 6.07) is 7.60. The molecule has 1 aromatic rings. The minimum atomic E-state index is -0.572. The van der Waals surface area contributed by atoms with Crippen molar-refractivity contribution in [2.75, 3.05) is 26.3 Å². The number of hydrogen-bond donors (Lipinski definition) is 3. The lowest BCUT2D eigenvalue weighted by atomic mass is 10.2. The molecule has 0 radical (unpaired) electrons. The molecule has 1 aromatic carbocycles. The third kappa shape index (κ3) is 5.52. The fourth-order valence-electron chi connectivity index (χ4n) is 1.74. The summed E-state index contributed by atoms with van der Waals surface area (Å²) in [7, 11) is 0. The molecule has 0 fully saturated rings. The Labute approximate surface area is 128 Å². The lowest BCUT2D eigenvalue weighted by Gasteiger charge is -2.20. The van der Waals surface area contributed by atoms with Crippen molar-refractivity contribution in [3.05, 3.63) is 47.4 Å². The van der Waals surface area contributed by atoms with Crippen LogP contribution in [0.25, 0.3) is 0 Å². The zero-order valence-electron chi connectivity index (χ0n) is 12.0. The average Bonchev–Trinajstić information content (AvgIpc) is 2.52. The van der Waals surface area contributed by atoms with Crippen LogP contribution in [0.15, 0.2) is 36.0 Å². The third-order valence-electron chi connectivity index (χ3n) is 2.84. The van der Waals surface area contributed by atoms with Crippen molar-refractivity contribution < 1.29 is 19.4 Å². The number of carbonyl (C=O) groups is 1. The van der Waals surface area contributed by atoms with Gasteiger partial charge in [0, 0.05) is 25.8 Å². The lowest BCUT2D eigenvalue weighted by molar-refractivity contribution is -0.127. The van der Waals surface area contributed by atoms with E-state index in [1.54, 1.807) is 18.2 Å². The highest BCUT2D eigenvalue weighted by molar-refractivity contribution is 5.97. The maximum atomic E-state index is 12.8. The summed E-state index contributed by atoms with van der Waals surface area (Å²) in [4.78, 5) is 13.3. The lowest BCUT2D eigenvalue weighted by Crippen LogP contribution is -2.37. The second-order valence-electron chi connectivity index (χ2n) is 4.42. The Morgan fingerprint density at radius 3 is 2.36 bits per heavy atom. The van der Waals surface area contributed by atoms with Gasteiger partial charge in [0.1, 0.15) is 17.5 Å². The van der Waals surface area contributed by atoms with E-state index in [2.05, 4.69) is 5.32 Å². The van der Waals surface area contributed by atoms with Gasteiger partial charge in [0.25, 0.3) is 5.91 Å². The molecule has 118 valence electrons. The Bertz CT molecular complexity index is 546. The van der Waals surface area contributed by atoms with Gasteiger partial charge in [-0.25, -0.2) is 4.39 Å². The molecular weight excluding hydrogens is 289 g/mol. The first-order chi connectivity index (χ1) is 10.6. The van der Waals surface area contributed by atoms with E-state index in [4.69, 9.17) is 15.5 Å². The van der Waals surface area contributed by atoms with Crippen LogP contribution in [0.3, 0.4) is 0 Å². The molecule has 1 amide bonds. The number of nitriles is 1. The molecular formula is C15H18FN3O3. The average molecular weight is 307 g/mol. The number of nitrogens with zero attached hydrogens (tertiary/aromatic N) is 2. The predicted octanol–water partition coefficient (Wildman–Crippen LogP) is 0.136. The van der Waals surface area contributed by atoms with Crippen molar-refractivity contribution in [1.29, 1.82) is 5.26 Å². The summed E-state index contributed by atoms with van der Waals surface area (Å²) < 4.78 is 12.8. The Balaban J connectivity index is 2.67. The van der Waals surface area contributed by atoms with Crippen LogP contribution in [0.4, 0.5) is 4.39 Å². The number of halogens is 1. The van der Waals surface area contributed by atoms with E-state index >= 15 is 0 Å². The molecule has 3 N–H and O–H groups in total. The van der Waals surface area contributed by atoms with E-state index in [1.807, 2.05) is 0 Å².